The van der Waals surface area contributed by atoms with Gasteiger partial charge in [-0.25, -0.2) is 19.2 Å². The van der Waals surface area contributed by atoms with Gasteiger partial charge in [-0.1, -0.05) is 68.4 Å². The van der Waals surface area contributed by atoms with Gasteiger partial charge in [0.25, 0.3) is 5.69 Å². The average Bonchev–Trinajstić information content (AvgIpc) is 3.81. The molecule has 1 fully saturated rings. The Morgan fingerprint density at radius 3 is 1.94 bits per heavy atom. The number of alkyl carbamates (subject to hydrolysis) is 1. The Balaban J connectivity index is 1.29. The van der Waals surface area contributed by atoms with Gasteiger partial charge in [-0.15, -0.1) is 0 Å². The number of nitrogens with one attached hydrogen (secondary N) is 4. The van der Waals surface area contributed by atoms with E-state index in [4.69, 9.17) is 48.4 Å². The zero-order chi connectivity index (χ0) is 57.5. The molecular weight excluding hydrogens is 1040 g/mol. The molecule has 26 nitrogen and oxygen atoms in total. The second-order valence-corrected chi connectivity index (χ2v) is 18.2. The molecule has 79 heavy (non-hydrogen) atoms. The molecule has 0 aromatic heterocycles. The summed E-state index contributed by atoms with van der Waals surface area (Å²) in [7, 11) is 0.988. The number of hydrogen-bond acceptors (Lipinski definition) is 20. The topological polar surface area (TPSA) is 354 Å². The number of esters is 4. The standard InChI is InChI=1S/C53H58N6O20/c1-27(2)42(58-52(67)72-26-38-36-14-9-7-12-34(36)35-13-8-10-15-37(35)38)48(64)56-39(16-11-23-55-51(54)66)47(63)57-40-24-31(25-73-53(68)77-33-20-18-32(19-21-33)59(69)70)17-22-41(40)78-50-46(76-30(5)62)44(75-29(4)61)43(74-28(3)60)45(79-50)49(65)71-6/h7-10,12-15,17-22,24,27,38-39,42-46,50H,11,16,23,25-26H2,1-6H3,(H,56,64)(H,57,63)(H,58,67)(H3,54,55,66)/t39-,42-,43-,44-,45-,46+,50+/m0/s1. The molecule has 0 spiro atoms. The number of methoxy groups -OCH3 is 1. The van der Waals surface area contributed by atoms with E-state index in [0.29, 0.717) is 0 Å². The maximum absolute atomic E-state index is 14.6. The highest BCUT2D eigenvalue weighted by Gasteiger charge is 2.56. The van der Waals surface area contributed by atoms with Crippen LogP contribution in [0.5, 0.6) is 11.5 Å². The van der Waals surface area contributed by atoms with Crippen molar-refractivity contribution in [3.63, 3.8) is 0 Å². The molecule has 4 aromatic rings. The van der Waals surface area contributed by atoms with E-state index in [1.807, 2.05) is 48.5 Å². The van der Waals surface area contributed by atoms with Gasteiger partial charge < -0.3 is 69.6 Å². The Labute approximate surface area is 451 Å². The van der Waals surface area contributed by atoms with E-state index in [1.165, 1.54) is 30.3 Å². The highest BCUT2D eigenvalue weighted by atomic mass is 16.7. The lowest BCUT2D eigenvalue weighted by molar-refractivity contribution is -0.384. The van der Waals surface area contributed by atoms with Crippen LogP contribution < -0.4 is 36.5 Å². The summed E-state index contributed by atoms with van der Waals surface area (Å²) in [6, 6.07) is 20.2. The summed E-state index contributed by atoms with van der Waals surface area (Å²) in [4.78, 5) is 128. The van der Waals surface area contributed by atoms with Gasteiger partial charge in [-0.3, -0.25) is 34.1 Å². The van der Waals surface area contributed by atoms with E-state index >= 15 is 0 Å². The Hall–Kier alpha value is -9.33. The molecular formula is C53H58N6O20. The number of ether oxygens (including phenoxy) is 9. The molecule has 1 aliphatic heterocycles. The lowest BCUT2D eigenvalue weighted by atomic mass is 9.97. The molecule has 5 amide bonds. The Bertz CT molecular complexity index is 2890. The third-order valence-electron chi connectivity index (χ3n) is 12.2. The van der Waals surface area contributed by atoms with Gasteiger partial charge in [0.15, 0.2) is 18.3 Å². The molecule has 0 bridgehead atoms. The summed E-state index contributed by atoms with van der Waals surface area (Å²) >= 11 is 0. The van der Waals surface area contributed by atoms with E-state index in [-0.39, 0.29) is 60.3 Å². The second kappa shape index (κ2) is 27.1. The molecule has 26 heteroatoms. The number of carbonyl (C=O) groups excluding carboxylic acids is 9. The summed E-state index contributed by atoms with van der Waals surface area (Å²) < 4.78 is 49.5. The van der Waals surface area contributed by atoms with Crippen molar-refractivity contribution in [1.29, 1.82) is 0 Å². The van der Waals surface area contributed by atoms with Crippen LogP contribution in [0.1, 0.15) is 70.1 Å². The van der Waals surface area contributed by atoms with Crippen LogP contribution in [0.3, 0.4) is 0 Å². The first-order valence-corrected chi connectivity index (χ1v) is 24.5. The first kappa shape index (κ1) is 58.9. The van der Waals surface area contributed by atoms with E-state index in [0.717, 1.165) is 62.3 Å². The minimum absolute atomic E-state index is 0.0481. The number of rotatable bonds is 22. The number of nitro groups is 1. The van der Waals surface area contributed by atoms with Gasteiger partial charge >= 0.3 is 42.2 Å². The molecule has 4 aromatic carbocycles. The van der Waals surface area contributed by atoms with Gasteiger partial charge in [-0.2, -0.15) is 0 Å². The first-order valence-electron chi connectivity index (χ1n) is 24.5. The molecule has 0 radical (unpaired) electrons. The molecule has 420 valence electrons. The van der Waals surface area contributed by atoms with Crippen molar-refractivity contribution in [3.05, 3.63) is 118 Å². The predicted molar refractivity (Wildman–Crippen MR) is 273 cm³/mol. The van der Waals surface area contributed by atoms with Gasteiger partial charge in [0.05, 0.1) is 17.7 Å². The molecule has 6 N–H and O–H groups in total. The number of fused-ring (bicyclic) bond motifs is 3. The summed E-state index contributed by atoms with van der Waals surface area (Å²) in [5.74, 6) is -7.07. The lowest BCUT2D eigenvalue weighted by Crippen LogP contribution is -2.64. The van der Waals surface area contributed by atoms with Crippen LogP contribution >= 0.6 is 0 Å². The molecule has 1 aliphatic carbocycles. The monoisotopic (exact) mass is 1100 g/mol. The fraction of sp³-hybridized carbons (Fsp3) is 0.377. The van der Waals surface area contributed by atoms with Crippen LogP contribution in [0, 0.1) is 16.0 Å². The van der Waals surface area contributed by atoms with E-state index < -0.39 is 114 Å². The summed E-state index contributed by atoms with van der Waals surface area (Å²) in [5, 5.41) is 21.4. The van der Waals surface area contributed by atoms with E-state index in [2.05, 4.69) is 21.3 Å². The van der Waals surface area contributed by atoms with Crippen molar-refractivity contribution in [1.82, 2.24) is 16.0 Å². The summed E-state index contributed by atoms with van der Waals surface area (Å²) in [6.07, 6.45) is -11.4. The van der Waals surface area contributed by atoms with Gasteiger partial charge in [-0.05, 0) is 70.8 Å². The summed E-state index contributed by atoms with van der Waals surface area (Å²) in [5.41, 5.74) is 8.83. The quantitative estimate of drug-likeness (QED) is 0.0176. The normalized spacial score (nSPS) is 17.9. The number of anilines is 1. The molecule has 0 saturated carbocycles. The van der Waals surface area contributed by atoms with Crippen LogP contribution in [-0.2, 0) is 68.5 Å². The van der Waals surface area contributed by atoms with E-state index in [1.54, 1.807) is 13.8 Å². The SMILES string of the molecule is COC(=O)[C@H]1O[C@@H](Oc2ccc(COC(=O)Oc3ccc([N+](=O)[O-])cc3)cc2NC(=O)[C@H](CCCNC(N)=O)NC(=O)[C@@H](NC(=O)OCC2c3ccccc3-c3ccccc32)C(C)C)[C@H](OC(C)=O)[C@@H](OC(C)=O)[C@@H]1OC(C)=O. The number of primary amides is 1. The van der Waals surface area contributed by atoms with Crippen molar-refractivity contribution in [3.8, 4) is 22.6 Å². The minimum atomic E-state index is -1.93. The Morgan fingerprint density at radius 2 is 1.35 bits per heavy atom. The van der Waals surface area contributed by atoms with Crippen molar-refractivity contribution >= 4 is 65.3 Å². The maximum atomic E-state index is 14.6. The fourth-order valence-corrected chi connectivity index (χ4v) is 8.64. The zero-order valence-corrected chi connectivity index (χ0v) is 43.6. The first-order chi connectivity index (χ1) is 37.6. The van der Waals surface area contributed by atoms with Crippen molar-refractivity contribution in [2.45, 2.75) is 103 Å². The number of urea groups is 1. The van der Waals surface area contributed by atoms with Gasteiger partial charge in [0.1, 0.15) is 36.8 Å². The maximum Gasteiger partial charge on any atom is 0.514 e. The van der Waals surface area contributed by atoms with Crippen LogP contribution in [0.2, 0.25) is 0 Å². The number of nitrogens with two attached hydrogens (primary N) is 1. The molecule has 0 unspecified atom stereocenters. The van der Waals surface area contributed by atoms with Crippen LogP contribution in [0.4, 0.5) is 25.8 Å². The molecule has 1 saturated heterocycles. The van der Waals surface area contributed by atoms with Crippen molar-refractivity contribution in [2.24, 2.45) is 11.7 Å². The molecule has 2 aliphatic rings. The number of non-ortho nitro benzene ring substituents is 1. The number of amides is 5. The second-order valence-electron chi connectivity index (χ2n) is 18.2. The third-order valence-corrected chi connectivity index (χ3v) is 12.2. The Morgan fingerprint density at radius 1 is 0.747 bits per heavy atom. The van der Waals surface area contributed by atoms with Gasteiger partial charge in [0.2, 0.25) is 24.2 Å². The number of carbonyl (C=O) groups is 9. The highest BCUT2D eigenvalue weighted by molar-refractivity contribution is 5.99. The minimum Gasteiger partial charge on any atom is -0.467 e. The average molecular weight is 1100 g/mol. The van der Waals surface area contributed by atoms with Crippen molar-refractivity contribution in [2.75, 3.05) is 25.6 Å². The van der Waals surface area contributed by atoms with E-state index in [9.17, 15) is 53.3 Å². The predicted octanol–water partition coefficient (Wildman–Crippen LogP) is 4.82. The van der Waals surface area contributed by atoms with Crippen LogP contribution in [0.15, 0.2) is 91.0 Å². The summed E-state index contributed by atoms with van der Waals surface area (Å²) in [6.45, 7) is 5.62. The number of nitro benzene ring substituents is 1. The smallest absolute Gasteiger partial charge is 0.467 e. The van der Waals surface area contributed by atoms with Crippen molar-refractivity contribution < 1.29 is 90.7 Å². The number of benzene rings is 4. The largest absolute Gasteiger partial charge is 0.514 e. The lowest BCUT2D eigenvalue weighted by Gasteiger charge is -2.43. The Kier molecular flexibility index (Phi) is 20.2. The van der Waals surface area contributed by atoms with Crippen LogP contribution in [-0.4, -0.2) is 122 Å². The zero-order valence-electron chi connectivity index (χ0n) is 43.6. The molecule has 6 rings (SSSR count). The third kappa shape index (κ3) is 15.9. The number of nitrogens with zero attached hydrogens (tertiary/aromatic N) is 1. The molecule has 1 heterocycles. The fourth-order valence-electron chi connectivity index (χ4n) is 8.64. The highest BCUT2D eigenvalue weighted by Crippen LogP contribution is 2.44. The molecule has 7 atom stereocenters. The van der Waals surface area contributed by atoms with Gasteiger partial charge in [0, 0.05) is 45.4 Å². The van der Waals surface area contributed by atoms with Crippen LogP contribution in [0.25, 0.3) is 11.1 Å². The number of hydrogen-bond donors (Lipinski definition) is 5.